The summed E-state index contributed by atoms with van der Waals surface area (Å²) in [6, 6.07) is 14.8. The molecule has 2 unspecified atom stereocenters. The molecule has 2 aliphatic heterocycles. The number of rotatable bonds is 19. The van der Waals surface area contributed by atoms with Gasteiger partial charge in [0.15, 0.2) is 0 Å². The van der Waals surface area contributed by atoms with Crippen molar-refractivity contribution in [3.63, 3.8) is 0 Å². The standard InChI is InChI=1S/C50H65N13O6S/c1-31(26-62-17-15-41(59-62)40-14-13-37(25-51)33(3)54-40)53-47(66)42-23-38(57-58-42)29-69-22-8-16-60-18-20-61(21-19-60)28-44(65)56-46(50(5,6)7)49(68)63-27-39(64)24-43(63)48(67)55-32(2)35-9-11-36(12-10-35)45-34(4)52-30-70-45/h9-15,17,23,30-32,39,43,46,64H,8,16,18-22,24,26-29H2,1-7H3,(H,53,66)(H,55,67)(H,56,65)(H,57,58)/t31?,32-,39+,43-,46?/m0/s1. The van der Waals surface area contributed by atoms with Crippen LogP contribution in [0.5, 0.6) is 0 Å². The Labute approximate surface area is 413 Å². The van der Waals surface area contributed by atoms with Gasteiger partial charge in [-0.3, -0.25) is 38.8 Å². The largest absolute Gasteiger partial charge is 0.391 e. The molecule has 7 rings (SSSR count). The minimum Gasteiger partial charge on any atom is -0.391 e. The van der Waals surface area contributed by atoms with Gasteiger partial charge in [-0.1, -0.05) is 45.0 Å². The second-order valence-electron chi connectivity index (χ2n) is 19.4. The van der Waals surface area contributed by atoms with Crippen LogP contribution < -0.4 is 16.0 Å². The lowest BCUT2D eigenvalue weighted by Gasteiger charge is -2.37. The number of hydrogen-bond donors (Lipinski definition) is 5. The maximum absolute atomic E-state index is 14.2. The number of aliphatic hydroxyl groups excluding tert-OH is 1. The SMILES string of the molecule is Cc1nc(-c2ccn(CC(C)NC(=O)c3cc(COCCCN4CCN(CC(=O)NC(C(=O)N5C[C@H](O)C[C@H]5C(=O)N[C@@H](C)c5ccc(-c6scnc6C)cc5)C(C)(C)C)CC4)[nH]n3)n2)ccc1C#N. The smallest absolute Gasteiger partial charge is 0.272 e. The van der Waals surface area contributed by atoms with Crippen LogP contribution in [-0.2, 0) is 32.3 Å². The topological polar surface area (TPSA) is 240 Å². The molecule has 4 aromatic heterocycles. The fourth-order valence-electron chi connectivity index (χ4n) is 8.77. The molecule has 2 aliphatic rings. The average molecular weight is 976 g/mol. The number of nitriles is 1. The number of amides is 4. The average Bonchev–Trinajstić information content (AvgIpc) is 4.16. The Morgan fingerprint density at radius 2 is 1.71 bits per heavy atom. The van der Waals surface area contributed by atoms with Crippen LogP contribution in [0.25, 0.3) is 21.8 Å². The highest BCUT2D eigenvalue weighted by Gasteiger charge is 2.45. The van der Waals surface area contributed by atoms with E-state index in [1.807, 2.05) is 83.6 Å². The number of nitrogens with one attached hydrogen (secondary N) is 4. The van der Waals surface area contributed by atoms with Gasteiger partial charge in [0.05, 0.1) is 70.6 Å². The highest BCUT2D eigenvalue weighted by atomic mass is 32.1. The second-order valence-corrected chi connectivity index (χ2v) is 20.3. The van der Waals surface area contributed by atoms with E-state index in [-0.39, 0.29) is 61.6 Å². The van der Waals surface area contributed by atoms with Crippen molar-refractivity contribution in [2.24, 2.45) is 5.41 Å². The lowest BCUT2D eigenvalue weighted by Crippen LogP contribution is -2.59. The highest BCUT2D eigenvalue weighted by molar-refractivity contribution is 7.13. The Hall–Kier alpha value is -6.37. The van der Waals surface area contributed by atoms with Crippen LogP contribution in [0.1, 0.15) is 92.2 Å². The molecule has 0 saturated carbocycles. The summed E-state index contributed by atoms with van der Waals surface area (Å²) in [4.78, 5) is 70.1. The summed E-state index contributed by atoms with van der Waals surface area (Å²) in [6.45, 7) is 18.3. The Morgan fingerprint density at radius 3 is 2.40 bits per heavy atom. The number of aromatic amines is 1. The van der Waals surface area contributed by atoms with Crippen LogP contribution in [-0.4, -0.2) is 150 Å². The molecule has 70 heavy (non-hydrogen) atoms. The third-order valence-electron chi connectivity index (χ3n) is 12.7. The predicted molar refractivity (Wildman–Crippen MR) is 264 cm³/mol. The number of H-pyrrole nitrogens is 1. The highest BCUT2D eigenvalue weighted by Crippen LogP contribution is 2.30. The van der Waals surface area contributed by atoms with E-state index in [1.54, 1.807) is 41.1 Å². The molecule has 20 heteroatoms. The molecule has 0 radical (unpaired) electrons. The zero-order valence-corrected chi connectivity index (χ0v) is 41.9. The summed E-state index contributed by atoms with van der Waals surface area (Å²) >= 11 is 1.58. The number of pyridine rings is 1. The Bertz CT molecular complexity index is 2640. The molecule has 1 aromatic carbocycles. The molecule has 2 fully saturated rings. The van der Waals surface area contributed by atoms with E-state index in [2.05, 4.69) is 57.1 Å². The van der Waals surface area contributed by atoms with Crippen LogP contribution in [0.3, 0.4) is 0 Å². The number of likely N-dealkylation sites (tertiary alicyclic amines) is 1. The number of carbonyl (C=O) groups excluding carboxylic acids is 4. The predicted octanol–water partition coefficient (Wildman–Crippen LogP) is 3.99. The number of β-amino-alcohol motifs (C(OH)–C–C–N with tert-alkyl or cyclic N) is 1. The van der Waals surface area contributed by atoms with E-state index >= 15 is 0 Å². The molecule has 5 aromatic rings. The van der Waals surface area contributed by atoms with Crippen molar-refractivity contribution < 1.29 is 29.0 Å². The first kappa shape index (κ1) is 51.5. The fourth-order valence-corrected chi connectivity index (χ4v) is 9.58. The normalized spacial score (nSPS) is 18.0. The molecule has 0 aliphatic carbocycles. The number of thiazole rings is 1. The van der Waals surface area contributed by atoms with Gasteiger partial charge >= 0.3 is 0 Å². The van der Waals surface area contributed by atoms with Crippen LogP contribution in [0.2, 0.25) is 0 Å². The van der Waals surface area contributed by atoms with Crippen molar-refractivity contribution in [2.45, 2.75) is 105 Å². The minimum atomic E-state index is -0.908. The number of benzene rings is 1. The summed E-state index contributed by atoms with van der Waals surface area (Å²) < 4.78 is 7.64. The van der Waals surface area contributed by atoms with Gasteiger partial charge in [-0.05, 0) is 74.9 Å². The number of aliphatic hydroxyl groups is 1. The van der Waals surface area contributed by atoms with Gasteiger partial charge in [0.25, 0.3) is 5.91 Å². The van der Waals surface area contributed by atoms with E-state index in [9.17, 15) is 29.5 Å². The maximum Gasteiger partial charge on any atom is 0.272 e. The maximum atomic E-state index is 14.2. The molecule has 5 N–H and O–H groups in total. The Morgan fingerprint density at radius 1 is 0.971 bits per heavy atom. The number of ether oxygens (including phenoxy) is 1. The summed E-state index contributed by atoms with van der Waals surface area (Å²) in [6.07, 6.45) is 1.87. The van der Waals surface area contributed by atoms with Crippen molar-refractivity contribution in [3.05, 3.63) is 94.1 Å². The van der Waals surface area contributed by atoms with Gasteiger partial charge in [0.2, 0.25) is 17.7 Å². The zero-order chi connectivity index (χ0) is 50.1. The van der Waals surface area contributed by atoms with E-state index < -0.39 is 29.5 Å². The lowest BCUT2D eigenvalue weighted by molar-refractivity contribution is -0.144. The number of carbonyl (C=O) groups is 4. The van der Waals surface area contributed by atoms with Crippen LogP contribution in [0.15, 0.2) is 60.2 Å². The minimum absolute atomic E-state index is 0.00490. The number of aryl methyl sites for hydroxylation is 2. The van der Waals surface area contributed by atoms with E-state index in [0.29, 0.717) is 54.6 Å². The number of aromatic nitrogens is 6. The van der Waals surface area contributed by atoms with Crippen LogP contribution in [0, 0.1) is 30.6 Å². The molecule has 372 valence electrons. The molecular weight excluding hydrogens is 911 g/mol. The molecule has 0 bridgehead atoms. The molecule has 0 spiro atoms. The fraction of sp³-hybridized carbons (Fsp3) is 0.500. The number of piperazine rings is 1. The van der Waals surface area contributed by atoms with E-state index in [0.717, 1.165) is 47.8 Å². The van der Waals surface area contributed by atoms with E-state index in [4.69, 9.17) is 4.74 Å². The summed E-state index contributed by atoms with van der Waals surface area (Å²) in [5.41, 5.74) is 7.56. The monoisotopic (exact) mass is 975 g/mol. The van der Waals surface area contributed by atoms with Gasteiger partial charge < -0.3 is 35.6 Å². The zero-order valence-electron chi connectivity index (χ0n) is 41.1. The molecule has 6 heterocycles. The summed E-state index contributed by atoms with van der Waals surface area (Å²) in [5.74, 6) is -1.32. The third kappa shape index (κ3) is 13.3. The van der Waals surface area contributed by atoms with Gasteiger partial charge in [-0.25, -0.2) is 4.98 Å². The summed E-state index contributed by atoms with van der Waals surface area (Å²) in [7, 11) is 0. The first-order valence-corrected chi connectivity index (χ1v) is 24.7. The molecule has 4 amide bonds. The van der Waals surface area contributed by atoms with Crippen molar-refractivity contribution in [1.82, 2.24) is 60.6 Å². The van der Waals surface area contributed by atoms with Gasteiger partial charge in [0, 0.05) is 64.5 Å². The number of nitrogens with zero attached hydrogens (tertiary/aromatic N) is 9. The second kappa shape index (κ2) is 23.0. The lowest BCUT2D eigenvalue weighted by atomic mass is 9.85. The summed E-state index contributed by atoms with van der Waals surface area (Å²) in [5, 5.41) is 40.5. The van der Waals surface area contributed by atoms with Crippen molar-refractivity contribution in [1.29, 1.82) is 5.26 Å². The van der Waals surface area contributed by atoms with Crippen LogP contribution in [0.4, 0.5) is 0 Å². The van der Waals surface area contributed by atoms with Crippen molar-refractivity contribution >= 4 is 35.0 Å². The van der Waals surface area contributed by atoms with Gasteiger partial charge in [-0.2, -0.15) is 15.5 Å². The van der Waals surface area contributed by atoms with Crippen molar-refractivity contribution in [3.8, 4) is 27.9 Å². The first-order chi connectivity index (χ1) is 33.4. The van der Waals surface area contributed by atoms with Gasteiger partial charge in [-0.15, -0.1) is 11.3 Å². The quantitative estimate of drug-likeness (QED) is 0.0737. The molecule has 2 saturated heterocycles. The van der Waals surface area contributed by atoms with Crippen molar-refractivity contribution in [2.75, 3.05) is 52.4 Å². The Kier molecular flexibility index (Phi) is 16.9. The third-order valence-corrected chi connectivity index (χ3v) is 13.7. The molecular formula is C50H65N13O6S. The number of hydrogen-bond acceptors (Lipinski definition) is 14. The molecule has 5 atom stereocenters. The molecule has 19 nitrogen and oxygen atoms in total. The van der Waals surface area contributed by atoms with Crippen LogP contribution >= 0.6 is 11.3 Å². The van der Waals surface area contributed by atoms with E-state index in [1.165, 1.54) is 4.90 Å². The Balaban J connectivity index is 0.791. The first-order valence-electron chi connectivity index (χ1n) is 23.8. The van der Waals surface area contributed by atoms with Gasteiger partial charge in [0.1, 0.15) is 29.5 Å².